The molecule has 0 bridgehead atoms. The van der Waals surface area contributed by atoms with Crippen LogP contribution in [0.1, 0.15) is 34.8 Å². The van der Waals surface area contributed by atoms with Crippen molar-refractivity contribution in [3.8, 4) is 0 Å². The van der Waals surface area contributed by atoms with Gasteiger partial charge in [-0.1, -0.05) is 18.2 Å². The van der Waals surface area contributed by atoms with Crippen LogP contribution in [-0.2, 0) is 0 Å². The number of anilines is 1. The third kappa shape index (κ3) is 4.14. The Kier molecular flexibility index (Phi) is 5.27. The highest BCUT2D eigenvalue weighted by Crippen LogP contribution is 2.21. The smallest absolute Gasteiger partial charge is 0.274 e. The van der Waals surface area contributed by atoms with Crippen molar-refractivity contribution < 1.29 is 9.59 Å². The molecule has 0 saturated heterocycles. The van der Waals surface area contributed by atoms with E-state index in [1.54, 1.807) is 24.3 Å². The number of amides is 2. The highest BCUT2D eigenvalue weighted by molar-refractivity contribution is 9.10. The molecule has 2 rings (SSSR count). The molecule has 0 radical (unpaired) electrons. The molecule has 22 heavy (non-hydrogen) atoms. The summed E-state index contributed by atoms with van der Waals surface area (Å²) in [6.07, 6.45) is 0. The summed E-state index contributed by atoms with van der Waals surface area (Å²) in [5, 5.41) is 5.50. The Labute approximate surface area is 137 Å². The van der Waals surface area contributed by atoms with Gasteiger partial charge in [-0.05, 0) is 54.0 Å². The molecule has 114 valence electrons. The molecule has 0 fully saturated rings. The molecule has 6 heteroatoms. The van der Waals surface area contributed by atoms with Crippen molar-refractivity contribution >= 4 is 33.4 Å². The SMILES string of the molecule is CC(C)NC(=O)c1cccc(C(=O)Nc2ccccc2Br)n1. The molecule has 1 aromatic heterocycles. The molecular weight excluding hydrogens is 346 g/mol. The van der Waals surface area contributed by atoms with E-state index in [2.05, 4.69) is 31.5 Å². The standard InChI is InChI=1S/C16H16BrN3O2/c1-10(2)18-15(21)13-8-5-9-14(19-13)16(22)20-12-7-4-3-6-11(12)17/h3-10H,1-2H3,(H,18,21)(H,20,22). The second-order valence-electron chi connectivity index (χ2n) is 4.97. The zero-order chi connectivity index (χ0) is 16.1. The molecule has 0 unspecified atom stereocenters. The first-order valence-electron chi connectivity index (χ1n) is 6.81. The first-order chi connectivity index (χ1) is 10.5. The lowest BCUT2D eigenvalue weighted by atomic mass is 10.2. The predicted octanol–water partition coefficient (Wildman–Crippen LogP) is 3.23. The van der Waals surface area contributed by atoms with Crippen molar-refractivity contribution in [2.75, 3.05) is 5.32 Å². The number of halogens is 1. The highest BCUT2D eigenvalue weighted by Gasteiger charge is 2.13. The lowest BCUT2D eigenvalue weighted by molar-refractivity contribution is 0.0938. The zero-order valence-corrected chi connectivity index (χ0v) is 13.8. The van der Waals surface area contributed by atoms with Crippen LogP contribution in [0.3, 0.4) is 0 Å². The number of carbonyl (C=O) groups excluding carboxylic acids is 2. The number of hydrogen-bond donors (Lipinski definition) is 2. The predicted molar refractivity (Wildman–Crippen MR) is 88.9 cm³/mol. The Hall–Kier alpha value is -2.21. The van der Waals surface area contributed by atoms with Crippen molar-refractivity contribution in [2.45, 2.75) is 19.9 Å². The number of rotatable bonds is 4. The van der Waals surface area contributed by atoms with Crippen molar-refractivity contribution in [2.24, 2.45) is 0 Å². The van der Waals surface area contributed by atoms with E-state index in [4.69, 9.17) is 0 Å². The highest BCUT2D eigenvalue weighted by atomic mass is 79.9. The first kappa shape index (κ1) is 16.2. The lowest BCUT2D eigenvalue weighted by Crippen LogP contribution is -2.31. The van der Waals surface area contributed by atoms with Crippen LogP contribution in [0, 0.1) is 0 Å². The van der Waals surface area contributed by atoms with Gasteiger partial charge in [0.25, 0.3) is 11.8 Å². The molecular formula is C16H16BrN3O2. The number of hydrogen-bond acceptors (Lipinski definition) is 3. The summed E-state index contributed by atoms with van der Waals surface area (Å²) in [5.74, 6) is -0.670. The van der Waals surface area contributed by atoms with Crippen LogP contribution in [0.15, 0.2) is 46.9 Å². The normalized spacial score (nSPS) is 10.4. The molecule has 0 aliphatic carbocycles. The summed E-state index contributed by atoms with van der Waals surface area (Å²) in [6, 6.07) is 12.1. The van der Waals surface area contributed by atoms with Gasteiger partial charge in [-0.3, -0.25) is 9.59 Å². The molecule has 0 atom stereocenters. The van der Waals surface area contributed by atoms with E-state index < -0.39 is 0 Å². The summed E-state index contributed by atoms with van der Waals surface area (Å²) in [7, 11) is 0. The zero-order valence-electron chi connectivity index (χ0n) is 12.3. The van der Waals surface area contributed by atoms with Gasteiger partial charge in [0.05, 0.1) is 5.69 Å². The first-order valence-corrected chi connectivity index (χ1v) is 7.60. The Balaban J connectivity index is 2.17. The van der Waals surface area contributed by atoms with E-state index in [9.17, 15) is 9.59 Å². The fourth-order valence-electron chi connectivity index (χ4n) is 1.77. The summed E-state index contributed by atoms with van der Waals surface area (Å²) < 4.78 is 0.775. The third-order valence-corrected chi connectivity index (χ3v) is 3.45. The van der Waals surface area contributed by atoms with E-state index >= 15 is 0 Å². The Morgan fingerprint density at radius 1 is 1.00 bits per heavy atom. The molecule has 0 aliphatic heterocycles. The monoisotopic (exact) mass is 361 g/mol. The van der Waals surface area contributed by atoms with Crippen molar-refractivity contribution in [3.05, 3.63) is 58.3 Å². The number of pyridine rings is 1. The van der Waals surface area contributed by atoms with Crippen LogP contribution >= 0.6 is 15.9 Å². The van der Waals surface area contributed by atoms with Crippen LogP contribution < -0.4 is 10.6 Å². The number of para-hydroxylation sites is 1. The van der Waals surface area contributed by atoms with E-state index in [-0.39, 0.29) is 29.2 Å². The van der Waals surface area contributed by atoms with Gasteiger partial charge in [0.2, 0.25) is 0 Å². The number of nitrogens with zero attached hydrogens (tertiary/aromatic N) is 1. The molecule has 2 aromatic rings. The van der Waals surface area contributed by atoms with Gasteiger partial charge in [0.15, 0.2) is 0 Å². The van der Waals surface area contributed by atoms with E-state index in [1.165, 1.54) is 0 Å². The second-order valence-corrected chi connectivity index (χ2v) is 5.82. The quantitative estimate of drug-likeness (QED) is 0.877. The summed E-state index contributed by atoms with van der Waals surface area (Å²) in [5.41, 5.74) is 1.05. The number of nitrogens with one attached hydrogen (secondary N) is 2. The van der Waals surface area contributed by atoms with Crippen LogP contribution in [-0.4, -0.2) is 22.8 Å². The van der Waals surface area contributed by atoms with Crippen LogP contribution in [0.4, 0.5) is 5.69 Å². The minimum atomic E-state index is -0.369. The average Bonchev–Trinajstić information content (AvgIpc) is 2.49. The molecule has 1 heterocycles. The molecule has 1 aromatic carbocycles. The molecule has 2 N–H and O–H groups in total. The minimum absolute atomic E-state index is 0.00653. The van der Waals surface area contributed by atoms with Gasteiger partial charge in [-0.25, -0.2) is 4.98 Å². The third-order valence-electron chi connectivity index (χ3n) is 2.76. The van der Waals surface area contributed by atoms with Crippen molar-refractivity contribution in [1.29, 1.82) is 0 Å². The van der Waals surface area contributed by atoms with Gasteiger partial charge in [0.1, 0.15) is 11.4 Å². The summed E-state index contributed by atoms with van der Waals surface area (Å²) in [4.78, 5) is 28.3. The van der Waals surface area contributed by atoms with Gasteiger partial charge in [-0.15, -0.1) is 0 Å². The lowest BCUT2D eigenvalue weighted by Gasteiger charge is -2.09. The number of carbonyl (C=O) groups is 2. The maximum atomic E-state index is 12.2. The Bertz CT molecular complexity index is 701. The van der Waals surface area contributed by atoms with Gasteiger partial charge < -0.3 is 10.6 Å². The van der Waals surface area contributed by atoms with E-state index in [0.717, 1.165) is 4.47 Å². The Morgan fingerprint density at radius 3 is 2.27 bits per heavy atom. The van der Waals surface area contributed by atoms with Gasteiger partial charge >= 0.3 is 0 Å². The molecule has 5 nitrogen and oxygen atoms in total. The van der Waals surface area contributed by atoms with Gasteiger partial charge in [-0.2, -0.15) is 0 Å². The maximum absolute atomic E-state index is 12.2. The van der Waals surface area contributed by atoms with Crippen LogP contribution in [0.5, 0.6) is 0 Å². The largest absolute Gasteiger partial charge is 0.349 e. The van der Waals surface area contributed by atoms with Crippen LogP contribution in [0.2, 0.25) is 0 Å². The van der Waals surface area contributed by atoms with Crippen molar-refractivity contribution in [3.63, 3.8) is 0 Å². The molecule has 0 saturated carbocycles. The summed E-state index contributed by atoms with van der Waals surface area (Å²) in [6.45, 7) is 3.72. The number of benzene rings is 1. The van der Waals surface area contributed by atoms with Crippen LogP contribution in [0.25, 0.3) is 0 Å². The van der Waals surface area contributed by atoms with E-state index in [1.807, 2.05) is 32.0 Å². The molecule has 0 aliphatic rings. The molecule has 0 spiro atoms. The number of aromatic nitrogens is 1. The second kappa shape index (κ2) is 7.17. The van der Waals surface area contributed by atoms with Gasteiger partial charge in [0, 0.05) is 10.5 Å². The Morgan fingerprint density at radius 2 is 1.64 bits per heavy atom. The minimum Gasteiger partial charge on any atom is -0.349 e. The van der Waals surface area contributed by atoms with Crippen molar-refractivity contribution in [1.82, 2.24) is 10.3 Å². The maximum Gasteiger partial charge on any atom is 0.274 e. The average molecular weight is 362 g/mol. The van der Waals surface area contributed by atoms with E-state index in [0.29, 0.717) is 5.69 Å². The topological polar surface area (TPSA) is 71.1 Å². The summed E-state index contributed by atoms with van der Waals surface area (Å²) >= 11 is 3.36. The fourth-order valence-corrected chi connectivity index (χ4v) is 2.16. The fraction of sp³-hybridized carbons (Fsp3) is 0.188. The molecule has 2 amide bonds.